The number of rotatable bonds is 8. The van der Waals surface area contributed by atoms with E-state index in [-0.39, 0.29) is 5.13 Å². The first-order chi connectivity index (χ1) is 12.8. The third kappa shape index (κ3) is 5.47. The first-order valence-corrected chi connectivity index (χ1v) is 10.6. The Kier molecular flexibility index (Phi) is 6.86. The van der Waals surface area contributed by atoms with Crippen molar-refractivity contribution in [3.63, 3.8) is 0 Å². The van der Waals surface area contributed by atoms with Gasteiger partial charge in [0.25, 0.3) is 0 Å². The van der Waals surface area contributed by atoms with Crippen molar-refractivity contribution in [1.29, 1.82) is 0 Å². The average Bonchev–Trinajstić information content (AvgIpc) is 3.08. The van der Waals surface area contributed by atoms with Crippen LogP contribution < -0.4 is 15.4 Å². The Morgan fingerprint density at radius 1 is 1.22 bits per heavy atom. The first-order valence-electron chi connectivity index (χ1n) is 8.04. The molecule has 1 unspecified atom stereocenters. The molecular weight excluding hydrogens is 392 g/mol. The van der Waals surface area contributed by atoms with Gasteiger partial charge in [0.15, 0.2) is 9.84 Å². The van der Waals surface area contributed by atoms with Crippen molar-refractivity contribution in [2.24, 2.45) is 0 Å². The number of nitrogens with one attached hydrogen (secondary N) is 2. The van der Waals surface area contributed by atoms with E-state index in [9.17, 15) is 18.0 Å². The number of ether oxygens (including phenoxy) is 1. The largest absolute Gasteiger partial charge is 0.495 e. The van der Waals surface area contributed by atoms with Gasteiger partial charge in [-0.1, -0.05) is 30.4 Å². The van der Waals surface area contributed by atoms with E-state index in [0.717, 1.165) is 5.01 Å². The van der Waals surface area contributed by atoms with Crippen molar-refractivity contribution in [3.8, 4) is 5.75 Å². The number of nitrogens with zero attached hydrogens (tertiary/aromatic N) is 2. The predicted molar refractivity (Wildman–Crippen MR) is 103 cm³/mol. The lowest BCUT2D eigenvalue weighted by molar-refractivity contribution is -0.115. The molecule has 2 N–H and O–H groups in total. The summed E-state index contributed by atoms with van der Waals surface area (Å²) >= 11 is 1.17. The van der Waals surface area contributed by atoms with Crippen molar-refractivity contribution in [2.45, 2.75) is 25.5 Å². The van der Waals surface area contributed by atoms with E-state index in [1.807, 2.05) is 6.92 Å². The summed E-state index contributed by atoms with van der Waals surface area (Å²) in [5, 5.41) is 12.0. The number of sulfone groups is 1. The van der Waals surface area contributed by atoms with Crippen LogP contribution in [0.3, 0.4) is 0 Å². The molecule has 0 radical (unpaired) electrons. The van der Waals surface area contributed by atoms with Gasteiger partial charge in [-0.2, -0.15) is 0 Å². The summed E-state index contributed by atoms with van der Waals surface area (Å²) in [6, 6.07) is 6.61. The van der Waals surface area contributed by atoms with E-state index < -0.39 is 32.7 Å². The zero-order valence-corrected chi connectivity index (χ0v) is 16.7. The molecule has 146 valence electrons. The summed E-state index contributed by atoms with van der Waals surface area (Å²) in [5.41, 5.74) is 0.346. The fourth-order valence-corrected chi connectivity index (χ4v) is 3.81. The Morgan fingerprint density at radius 3 is 2.56 bits per heavy atom. The number of aromatic nitrogens is 2. The Balaban J connectivity index is 2.01. The highest BCUT2D eigenvalue weighted by atomic mass is 32.2. The molecular formula is C16H20N4O5S2. The van der Waals surface area contributed by atoms with Crippen molar-refractivity contribution >= 4 is 43.8 Å². The van der Waals surface area contributed by atoms with Crippen LogP contribution in [0.1, 0.15) is 18.9 Å². The number of anilines is 2. The van der Waals surface area contributed by atoms with Crippen LogP contribution in [0.5, 0.6) is 5.75 Å². The molecule has 1 atom stereocenters. The second-order valence-corrected chi connectivity index (χ2v) is 8.93. The molecule has 0 saturated carbocycles. The molecule has 0 aliphatic carbocycles. The molecule has 0 fully saturated rings. The van der Waals surface area contributed by atoms with Crippen LogP contribution in [0.4, 0.5) is 10.8 Å². The summed E-state index contributed by atoms with van der Waals surface area (Å²) in [5.74, 6) is -1.96. The zero-order chi connectivity index (χ0) is 20.0. The second kappa shape index (κ2) is 8.91. The van der Waals surface area contributed by atoms with Crippen LogP contribution in [0.15, 0.2) is 24.3 Å². The van der Waals surface area contributed by atoms with Gasteiger partial charge >= 0.3 is 0 Å². The summed E-state index contributed by atoms with van der Waals surface area (Å²) in [6.07, 6.45) is 0.657. The SMILES string of the molecule is CCc1nnc(NC(=O)C(C)S(=O)(=O)CC(=O)Nc2ccccc2OC)s1. The minimum Gasteiger partial charge on any atom is -0.495 e. The van der Waals surface area contributed by atoms with Gasteiger partial charge in [-0.3, -0.25) is 14.9 Å². The van der Waals surface area contributed by atoms with Crippen molar-refractivity contribution in [2.75, 3.05) is 23.5 Å². The van der Waals surface area contributed by atoms with Gasteiger partial charge in [-0.25, -0.2) is 8.42 Å². The molecule has 1 heterocycles. The predicted octanol–water partition coefficient (Wildman–Crippen LogP) is 1.49. The van der Waals surface area contributed by atoms with Gasteiger partial charge < -0.3 is 10.1 Å². The number of aryl methyl sites for hydroxylation is 1. The molecule has 27 heavy (non-hydrogen) atoms. The minimum atomic E-state index is -4.03. The number of carbonyl (C=O) groups excluding carboxylic acids is 2. The van der Waals surface area contributed by atoms with E-state index in [1.165, 1.54) is 25.4 Å². The molecule has 2 rings (SSSR count). The molecule has 2 amide bonds. The maximum Gasteiger partial charge on any atom is 0.244 e. The van der Waals surface area contributed by atoms with Gasteiger partial charge in [0.05, 0.1) is 12.8 Å². The smallest absolute Gasteiger partial charge is 0.244 e. The average molecular weight is 412 g/mol. The van der Waals surface area contributed by atoms with E-state index in [0.29, 0.717) is 17.9 Å². The Bertz CT molecular complexity index is 926. The first kappa shape index (κ1) is 20.8. The fourth-order valence-electron chi connectivity index (χ4n) is 2.06. The number of amides is 2. The van der Waals surface area contributed by atoms with Crippen molar-refractivity contribution in [3.05, 3.63) is 29.3 Å². The maximum absolute atomic E-state index is 12.4. The zero-order valence-electron chi connectivity index (χ0n) is 15.1. The molecule has 1 aromatic carbocycles. The molecule has 0 bridgehead atoms. The van der Waals surface area contributed by atoms with E-state index >= 15 is 0 Å². The number of hydrogen-bond acceptors (Lipinski definition) is 8. The Hall–Kier alpha value is -2.53. The third-order valence-corrected chi connectivity index (χ3v) is 6.56. The molecule has 9 nitrogen and oxygen atoms in total. The molecule has 0 aliphatic rings. The van der Waals surface area contributed by atoms with Gasteiger partial charge in [0.2, 0.25) is 16.9 Å². The molecule has 0 spiro atoms. The lowest BCUT2D eigenvalue weighted by Crippen LogP contribution is -2.37. The van der Waals surface area contributed by atoms with Crippen LogP contribution in [0.2, 0.25) is 0 Å². The van der Waals surface area contributed by atoms with Crippen molar-refractivity contribution in [1.82, 2.24) is 10.2 Å². The fraction of sp³-hybridized carbons (Fsp3) is 0.375. The Morgan fingerprint density at radius 2 is 1.93 bits per heavy atom. The summed E-state index contributed by atoms with van der Waals surface area (Å²) in [6.45, 7) is 3.11. The minimum absolute atomic E-state index is 0.220. The lowest BCUT2D eigenvalue weighted by atomic mass is 10.3. The molecule has 0 saturated heterocycles. The van der Waals surface area contributed by atoms with Crippen molar-refractivity contribution < 1.29 is 22.7 Å². The number of para-hydroxylation sites is 2. The second-order valence-electron chi connectivity index (χ2n) is 5.54. The van der Waals surface area contributed by atoms with Crippen LogP contribution >= 0.6 is 11.3 Å². The highest BCUT2D eigenvalue weighted by Gasteiger charge is 2.31. The van der Waals surface area contributed by atoms with Crippen LogP contribution in [-0.2, 0) is 25.8 Å². The van der Waals surface area contributed by atoms with Crippen LogP contribution in [-0.4, -0.2) is 48.5 Å². The van der Waals surface area contributed by atoms with Crippen LogP contribution in [0, 0.1) is 0 Å². The number of benzene rings is 1. The van der Waals surface area contributed by atoms with Gasteiger partial charge in [-0.05, 0) is 25.5 Å². The number of carbonyl (C=O) groups is 2. The van der Waals surface area contributed by atoms with E-state index in [2.05, 4.69) is 20.8 Å². The van der Waals surface area contributed by atoms with Gasteiger partial charge in [0.1, 0.15) is 21.8 Å². The standard InChI is InChI=1S/C16H20N4O5S2/c1-4-14-19-20-16(26-14)18-15(22)10(2)27(23,24)9-13(21)17-11-7-5-6-8-12(11)25-3/h5-8,10H,4,9H2,1-3H3,(H,17,21)(H,18,20,22). The quantitative estimate of drug-likeness (QED) is 0.672. The maximum atomic E-state index is 12.4. The van der Waals surface area contributed by atoms with E-state index in [4.69, 9.17) is 4.74 Å². The Labute approximate surface area is 161 Å². The highest BCUT2D eigenvalue weighted by molar-refractivity contribution is 7.93. The van der Waals surface area contributed by atoms with Gasteiger partial charge in [-0.15, -0.1) is 10.2 Å². The molecule has 0 aliphatic heterocycles. The number of hydrogen-bond donors (Lipinski definition) is 2. The highest BCUT2D eigenvalue weighted by Crippen LogP contribution is 2.23. The summed E-state index contributed by atoms with van der Waals surface area (Å²) in [7, 11) is -2.59. The van der Waals surface area contributed by atoms with E-state index in [1.54, 1.807) is 24.3 Å². The molecule has 11 heteroatoms. The molecule has 1 aromatic heterocycles. The monoisotopic (exact) mass is 412 g/mol. The summed E-state index contributed by atoms with van der Waals surface area (Å²) in [4.78, 5) is 24.3. The number of methoxy groups -OCH3 is 1. The molecule has 2 aromatic rings. The van der Waals surface area contributed by atoms with Crippen LogP contribution in [0.25, 0.3) is 0 Å². The normalized spacial score (nSPS) is 12.3. The third-order valence-electron chi connectivity index (χ3n) is 3.62. The summed E-state index contributed by atoms with van der Waals surface area (Å²) < 4.78 is 29.9. The lowest BCUT2D eigenvalue weighted by Gasteiger charge is -2.13. The van der Waals surface area contributed by atoms with Gasteiger partial charge in [0, 0.05) is 0 Å². The topological polar surface area (TPSA) is 127 Å².